The lowest BCUT2D eigenvalue weighted by atomic mass is 9.80. The van der Waals surface area contributed by atoms with E-state index in [1.165, 1.54) is 12.1 Å². The van der Waals surface area contributed by atoms with Gasteiger partial charge < -0.3 is 15.1 Å². The Kier molecular flexibility index (Phi) is 6.25. The van der Waals surface area contributed by atoms with Crippen LogP contribution in [-0.2, 0) is 4.79 Å². The number of nitrogens with one attached hydrogen (secondary N) is 1. The standard InChI is InChI=1S/C23H26ClF2N3O/c1-15-2-3-16(24)12-22(15)28-8-10-29(11-9-28)23(30)20-14-27-7-6-18(20)19-5-4-17(25)13-21(19)26/h2-5,12-13,18,20,27H,6-11,14H2,1H3/t18-,20-/m0/s1. The summed E-state index contributed by atoms with van der Waals surface area (Å²) >= 11 is 6.16. The number of nitrogens with zero attached hydrogens (tertiary/aromatic N) is 2. The quantitative estimate of drug-likeness (QED) is 0.795. The lowest BCUT2D eigenvalue weighted by Gasteiger charge is -2.40. The molecule has 2 aromatic rings. The van der Waals surface area contributed by atoms with E-state index in [0.717, 1.165) is 30.4 Å². The number of piperidine rings is 1. The number of aryl methyl sites for hydroxylation is 1. The Morgan fingerprint density at radius 1 is 1.10 bits per heavy atom. The highest BCUT2D eigenvalue weighted by Gasteiger charge is 2.37. The maximum Gasteiger partial charge on any atom is 0.227 e. The number of anilines is 1. The SMILES string of the molecule is Cc1ccc(Cl)cc1N1CCN(C(=O)[C@H]2CNCC[C@H]2c2ccc(F)cc2F)CC1. The molecule has 0 saturated carbocycles. The van der Waals surface area contributed by atoms with Crippen molar-refractivity contribution in [2.24, 2.45) is 5.92 Å². The first kappa shape index (κ1) is 21.1. The number of halogens is 3. The maximum atomic E-state index is 14.4. The minimum Gasteiger partial charge on any atom is -0.368 e. The molecule has 2 heterocycles. The molecule has 2 atom stereocenters. The highest BCUT2D eigenvalue weighted by atomic mass is 35.5. The Hall–Kier alpha value is -2.18. The Bertz CT molecular complexity index is 931. The first-order valence-corrected chi connectivity index (χ1v) is 10.8. The topological polar surface area (TPSA) is 35.6 Å². The van der Waals surface area contributed by atoms with Gasteiger partial charge in [-0.05, 0) is 49.2 Å². The number of rotatable bonds is 3. The first-order valence-electron chi connectivity index (χ1n) is 10.4. The van der Waals surface area contributed by atoms with Crippen molar-refractivity contribution in [2.45, 2.75) is 19.3 Å². The molecule has 7 heteroatoms. The van der Waals surface area contributed by atoms with Crippen LogP contribution in [0.1, 0.15) is 23.5 Å². The second kappa shape index (κ2) is 8.90. The fourth-order valence-corrected chi connectivity index (χ4v) is 4.78. The summed E-state index contributed by atoms with van der Waals surface area (Å²) in [6.07, 6.45) is 0.653. The summed E-state index contributed by atoms with van der Waals surface area (Å²) in [5.74, 6) is -1.72. The molecule has 1 amide bonds. The molecular weight excluding hydrogens is 408 g/mol. The summed E-state index contributed by atoms with van der Waals surface area (Å²) in [6, 6.07) is 9.52. The van der Waals surface area contributed by atoms with E-state index in [-0.39, 0.29) is 17.7 Å². The largest absolute Gasteiger partial charge is 0.368 e. The van der Waals surface area contributed by atoms with Crippen molar-refractivity contribution in [3.05, 3.63) is 64.2 Å². The minimum absolute atomic E-state index is 0.0402. The Balaban J connectivity index is 1.46. The predicted octanol–water partition coefficient (Wildman–Crippen LogP) is 3.97. The predicted molar refractivity (Wildman–Crippen MR) is 115 cm³/mol. The number of carbonyl (C=O) groups is 1. The summed E-state index contributed by atoms with van der Waals surface area (Å²) in [7, 11) is 0. The van der Waals surface area contributed by atoms with E-state index in [4.69, 9.17) is 11.6 Å². The van der Waals surface area contributed by atoms with Crippen molar-refractivity contribution >= 4 is 23.2 Å². The first-order chi connectivity index (χ1) is 14.4. The minimum atomic E-state index is -0.597. The zero-order valence-electron chi connectivity index (χ0n) is 17.0. The smallest absolute Gasteiger partial charge is 0.227 e. The maximum absolute atomic E-state index is 14.4. The molecule has 160 valence electrons. The fraction of sp³-hybridized carbons (Fsp3) is 0.435. The lowest BCUT2D eigenvalue weighted by Crippen LogP contribution is -2.53. The molecule has 30 heavy (non-hydrogen) atoms. The van der Waals surface area contributed by atoms with E-state index in [1.54, 1.807) is 0 Å². The molecular formula is C23H26ClF2N3O. The normalized spacial score (nSPS) is 22.3. The monoisotopic (exact) mass is 433 g/mol. The number of benzene rings is 2. The van der Waals surface area contributed by atoms with Gasteiger partial charge in [0.2, 0.25) is 5.91 Å². The number of piperazine rings is 1. The number of hydrogen-bond donors (Lipinski definition) is 1. The summed E-state index contributed by atoms with van der Waals surface area (Å²) in [6.45, 7) is 5.95. The van der Waals surface area contributed by atoms with Crippen LogP contribution in [0.5, 0.6) is 0 Å². The van der Waals surface area contributed by atoms with Crippen molar-refractivity contribution in [2.75, 3.05) is 44.2 Å². The highest BCUT2D eigenvalue weighted by Crippen LogP contribution is 2.34. The molecule has 4 rings (SSSR count). The van der Waals surface area contributed by atoms with Crippen LogP contribution >= 0.6 is 11.6 Å². The van der Waals surface area contributed by atoms with Gasteiger partial charge in [-0.25, -0.2) is 8.78 Å². The van der Waals surface area contributed by atoms with Gasteiger partial charge in [-0.3, -0.25) is 4.79 Å². The summed E-state index contributed by atoms with van der Waals surface area (Å²) < 4.78 is 27.8. The van der Waals surface area contributed by atoms with E-state index in [0.29, 0.717) is 43.2 Å². The summed E-state index contributed by atoms with van der Waals surface area (Å²) in [5.41, 5.74) is 2.69. The molecule has 0 bridgehead atoms. The van der Waals surface area contributed by atoms with Crippen LogP contribution in [0.2, 0.25) is 5.02 Å². The summed E-state index contributed by atoms with van der Waals surface area (Å²) in [5, 5.41) is 3.97. The van der Waals surface area contributed by atoms with Gasteiger partial charge in [-0.2, -0.15) is 0 Å². The van der Waals surface area contributed by atoms with Gasteiger partial charge in [0.05, 0.1) is 5.92 Å². The molecule has 0 unspecified atom stereocenters. The van der Waals surface area contributed by atoms with Gasteiger partial charge in [0.1, 0.15) is 11.6 Å². The van der Waals surface area contributed by atoms with E-state index in [9.17, 15) is 13.6 Å². The molecule has 1 N–H and O–H groups in total. The lowest BCUT2D eigenvalue weighted by molar-refractivity contribution is -0.137. The van der Waals surface area contributed by atoms with Crippen LogP contribution in [0, 0.1) is 24.5 Å². The van der Waals surface area contributed by atoms with E-state index in [1.807, 2.05) is 23.1 Å². The molecule has 2 aliphatic heterocycles. The van der Waals surface area contributed by atoms with Gasteiger partial charge in [0, 0.05) is 55.4 Å². The molecule has 2 aromatic carbocycles. The van der Waals surface area contributed by atoms with Gasteiger partial charge in [0.15, 0.2) is 0 Å². The second-order valence-corrected chi connectivity index (χ2v) is 8.55. The van der Waals surface area contributed by atoms with E-state index >= 15 is 0 Å². The molecule has 2 fully saturated rings. The van der Waals surface area contributed by atoms with Crippen molar-refractivity contribution < 1.29 is 13.6 Å². The van der Waals surface area contributed by atoms with Crippen LogP contribution in [0.4, 0.5) is 14.5 Å². The van der Waals surface area contributed by atoms with Crippen LogP contribution in [0.25, 0.3) is 0 Å². The third-order valence-electron chi connectivity index (χ3n) is 6.26. The molecule has 0 spiro atoms. The summed E-state index contributed by atoms with van der Waals surface area (Å²) in [4.78, 5) is 17.5. The molecule has 0 radical (unpaired) electrons. The number of amides is 1. The second-order valence-electron chi connectivity index (χ2n) is 8.11. The van der Waals surface area contributed by atoms with Crippen LogP contribution in [0.3, 0.4) is 0 Å². The van der Waals surface area contributed by atoms with Crippen molar-refractivity contribution in [3.63, 3.8) is 0 Å². The van der Waals surface area contributed by atoms with Gasteiger partial charge >= 0.3 is 0 Å². The molecule has 2 aliphatic rings. The molecule has 4 nitrogen and oxygen atoms in total. The van der Waals surface area contributed by atoms with E-state index in [2.05, 4.69) is 17.1 Å². The Morgan fingerprint density at radius 2 is 1.87 bits per heavy atom. The number of hydrogen-bond acceptors (Lipinski definition) is 3. The van der Waals surface area contributed by atoms with Crippen LogP contribution in [0.15, 0.2) is 36.4 Å². The van der Waals surface area contributed by atoms with Crippen LogP contribution < -0.4 is 10.2 Å². The fourth-order valence-electron chi connectivity index (χ4n) is 4.62. The average Bonchev–Trinajstić information content (AvgIpc) is 2.75. The zero-order valence-corrected chi connectivity index (χ0v) is 17.8. The van der Waals surface area contributed by atoms with Gasteiger partial charge in [0.25, 0.3) is 0 Å². The zero-order chi connectivity index (χ0) is 21.3. The molecule has 0 aromatic heterocycles. The number of carbonyl (C=O) groups excluding carboxylic acids is 1. The Morgan fingerprint density at radius 3 is 2.60 bits per heavy atom. The molecule has 0 aliphatic carbocycles. The van der Waals surface area contributed by atoms with Crippen molar-refractivity contribution in [3.8, 4) is 0 Å². The highest BCUT2D eigenvalue weighted by molar-refractivity contribution is 6.30. The molecule has 2 saturated heterocycles. The van der Waals surface area contributed by atoms with Gasteiger partial charge in [-0.15, -0.1) is 0 Å². The van der Waals surface area contributed by atoms with Crippen molar-refractivity contribution in [1.82, 2.24) is 10.2 Å². The van der Waals surface area contributed by atoms with Crippen molar-refractivity contribution in [1.29, 1.82) is 0 Å². The van der Waals surface area contributed by atoms with Crippen LogP contribution in [-0.4, -0.2) is 50.1 Å². The third kappa shape index (κ3) is 4.30. The third-order valence-corrected chi connectivity index (χ3v) is 6.50. The van der Waals surface area contributed by atoms with Gasteiger partial charge in [-0.1, -0.05) is 23.7 Å². The van der Waals surface area contributed by atoms with E-state index < -0.39 is 11.6 Å². The Labute approximate surface area is 180 Å². The average molecular weight is 434 g/mol.